The van der Waals surface area contributed by atoms with Gasteiger partial charge in [0.2, 0.25) is 0 Å². The normalized spacial score (nSPS) is 11.6. The van der Waals surface area contributed by atoms with Gasteiger partial charge < -0.3 is 15.6 Å². The van der Waals surface area contributed by atoms with E-state index in [2.05, 4.69) is 22.3 Å². The molecule has 1 aromatic carbocycles. The van der Waals surface area contributed by atoms with Crippen LogP contribution in [0.15, 0.2) is 29.4 Å². The third-order valence-electron chi connectivity index (χ3n) is 3.89. The van der Waals surface area contributed by atoms with Crippen molar-refractivity contribution in [2.24, 2.45) is 5.16 Å². The van der Waals surface area contributed by atoms with Crippen molar-refractivity contribution in [1.82, 2.24) is 5.32 Å². The van der Waals surface area contributed by atoms with E-state index in [1.165, 1.54) is 0 Å². The molecule has 0 heterocycles. The number of amides is 1. The van der Waals surface area contributed by atoms with Gasteiger partial charge in [-0.3, -0.25) is 4.79 Å². The number of halogens is 1. The Kier molecular flexibility index (Phi) is 9.38. The molecule has 0 aromatic heterocycles. The number of hydrogen-bond donors (Lipinski definition) is 3. The fraction of sp³-hybridized carbons (Fsp3) is 0.500. The topological polar surface area (TPSA) is 81.9 Å². The van der Waals surface area contributed by atoms with Crippen molar-refractivity contribution >= 4 is 11.6 Å². The van der Waals surface area contributed by atoms with Gasteiger partial charge in [0, 0.05) is 24.1 Å². The van der Waals surface area contributed by atoms with Gasteiger partial charge in [0.05, 0.1) is 5.71 Å². The molecule has 0 saturated carbocycles. The van der Waals surface area contributed by atoms with Crippen LogP contribution >= 0.6 is 0 Å². The van der Waals surface area contributed by atoms with E-state index in [-0.39, 0.29) is 13.0 Å². The molecule has 0 saturated heterocycles. The molecule has 5 nitrogen and oxygen atoms in total. The van der Waals surface area contributed by atoms with Crippen molar-refractivity contribution in [1.29, 1.82) is 0 Å². The molecule has 0 atom stereocenters. The maximum atomic E-state index is 12.1. The zero-order valence-corrected chi connectivity index (χ0v) is 15.4. The smallest absolute Gasteiger partial charge is 0.251 e. The molecule has 1 amide bonds. The Morgan fingerprint density at radius 3 is 2.58 bits per heavy atom. The van der Waals surface area contributed by atoms with Gasteiger partial charge in [-0.15, -0.1) is 0 Å². The van der Waals surface area contributed by atoms with Gasteiger partial charge in [-0.2, -0.15) is 0 Å². The summed E-state index contributed by atoms with van der Waals surface area (Å²) in [7, 11) is 0. The predicted molar refractivity (Wildman–Crippen MR) is 100 cm³/mol. The Labute approximate surface area is 154 Å². The van der Waals surface area contributed by atoms with Crippen molar-refractivity contribution in [3.8, 4) is 11.8 Å². The number of benzene rings is 1. The summed E-state index contributed by atoms with van der Waals surface area (Å²) in [4.78, 5) is 10.9. The first-order chi connectivity index (χ1) is 12.5. The number of alkyl halides is 1. The second kappa shape index (κ2) is 11.3. The molecule has 0 spiro atoms. The molecule has 3 N–H and O–H groups in total. The lowest BCUT2D eigenvalue weighted by atomic mass is 9.93. The lowest BCUT2D eigenvalue weighted by Gasteiger charge is -2.20. The largest absolute Gasteiger partial charge is 0.411 e. The molecule has 1 aromatic rings. The average Bonchev–Trinajstić information content (AvgIpc) is 2.64. The van der Waals surface area contributed by atoms with Gasteiger partial charge in [0.25, 0.3) is 5.91 Å². The lowest BCUT2D eigenvalue weighted by molar-refractivity contribution is -0.121. The van der Waals surface area contributed by atoms with Gasteiger partial charge in [-0.05, 0) is 25.0 Å². The Bertz CT molecular complexity index is 671. The SMILES string of the molecule is CCCC(O)(C#Cc1cccc(C(CCNC(=O)CF)=NO)c1)CCC. The van der Waals surface area contributed by atoms with E-state index in [1.54, 1.807) is 18.2 Å². The number of aliphatic hydroxyl groups is 1. The zero-order valence-electron chi connectivity index (χ0n) is 15.4. The zero-order chi connectivity index (χ0) is 19.4. The number of nitrogens with zero attached hydrogens (tertiary/aromatic N) is 1. The predicted octanol–water partition coefficient (Wildman–Crippen LogP) is 3.02. The average molecular weight is 362 g/mol. The van der Waals surface area contributed by atoms with E-state index in [4.69, 9.17) is 0 Å². The number of nitrogens with one attached hydrogen (secondary N) is 1. The molecule has 0 bridgehead atoms. The van der Waals surface area contributed by atoms with E-state index in [0.29, 0.717) is 29.7 Å². The number of hydrogen-bond acceptors (Lipinski definition) is 4. The van der Waals surface area contributed by atoms with Crippen molar-refractivity contribution in [2.75, 3.05) is 13.2 Å². The second-order valence-electron chi connectivity index (χ2n) is 6.14. The molecule has 0 aliphatic heterocycles. The first kappa shape index (κ1) is 21.7. The summed E-state index contributed by atoms with van der Waals surface area (Å²) >= 11 is 0. The summed E-state index contributed by atoms with van der Waals surface area (Å²) in [5.74, 6) is 5.27. The Morgan fingerprint density at radius 2 is 2.00 bits per heavy atom. The fourth-order valence-corrected chi connectivity index (χ4v) is 2.66. The highest BCUT2D eigenvalue weighted by atomic mass is 19.1. The van der Waals surface area contributed by atoms with Gasteiger partial charge in [0.15, 0.2) is 6.67 Å². The molecule has 0 radical (unpaired) electrons. The van der Waals surface area contributed by atoms with Crippen LogP contribution in [-0.4, -0.2) is 40.8 Å². The number of carbonyl (C=O) groups excluding carboxylic acids is 1. The summed E-state index contributed by atoms with van der Waals surface area (Å²) in [5, 5.41) is 25.4. The molecule has 1 rings (SSSR count). The molecule has 0 aliphatic carbocycles. The van der Waals surface area contributed by atoms with Crippen molar-refractivity contribution in [3.63, 3.8) is 0 Å². The third-order valence-corrected chi connectivity index (χ3v) is 3.89. The summed E-state index contributed by atoms with van der Waals surface area (Å²) < 4.78 is 12.1. The van der Waals surface area contributed by atoms with Crippen LogP contribution in [0.5, 0.6) is 0 Å². The first-order valence-electron chi connectivity index (χ1n) is 8.87. The van der Waals surface area contributed by atoms with Crippen molar-refractivity contribution < 1.29 is 19.5 Å². The van der Waals surface area contributed by atoms with Crippen LogP contribution in [0.1, 0.15) is 57.1 Å². The minimum atomic E-state index is -1.07. The molecule has 6 heteroatoms. The molecular weight excluding hydrogens is 335 g/mol. The third kappa shape index (κ3) is 7.24. The van der Waals surface area contributed by atoms with Crippen molar-refractivity contribution in [3.05, 3.63) is 35.4 Å². The van der Waals surface area contributed by atoms with E-state index < -0.39 is 18.2 Å². The monoisotopic (exact) mass is 362 g/mol. The van der Waals surface area contributed by atoms with Crippen LogP contribution in [0.4, 0.5) is 4.39 Å². The Balaban J connectivity index is 2.90. The summed E-state index contributed by atoms with van der Waals surface area (Å²) in [5.41, 5.74) is 0.722. The maximum Gasteiger partial charge on any atom is 0.251 e. The molecule has 0 aliphatic rings. The minimum absolute atomic E-state index is 0.171. The van der Waals surface area contributed by atoms with E-state index in [0.717, 1.165) is 12.8 Å². The van der Waals surface area contributed by atoms with Gasteiger partial charge in [-0.25, -0.2) is 4.39 Å². The summed E-state index contributed by atoms with van der Waals surface area (Å²) in [6.07, 6.45) is 3.18. The van der Waals surface area contributed by atoms with Crippen molar-refractivity contribution in [2.45, 2.75) is 51.6 Å². The highest BCUT2D eigenvalue weighted by Crippen LogP contribution is 2.19. The standard InChI is InChI=1S/C20H27FN2O3/c1-3-10-20(25,11-4-2)12-8-16-6-5-7-17(14-16)18(23-26)9-13-22-19(24)15-21/h5-7,14,25-26H,3-4,9-11,13,15H2,1-2H3,(H,22,24). The minimum Gasteiger partial charge on any atom is -0.411 e. The molecular formula is C20H27FN2O3. The van der Waals surface area contributed by atoms with Gasteiger partial charge in [0.1, 0.15) is 5.60 Å². The first-order valence-corrected chi connectivity index (χ1v) is 8.87. The van der Waals surface area contributed by atoms with E-state index in [1.807, 2.05) is 19.9 Å². The van der Waals surface area contributed by atoms with Gasteiger partial charge in [-0.1, -0.05) is 55.8 Å². The van der Waals surface area contributed by atoms with Crippen LogP contribution in [-0.2, 0) is 4.79 Å². The molecule has 26 heavy (non-hydrogen) atoms. The molecule has 0 unspecified atom stereocenters. The van der Waals surface area contributed by atoms with E-state index in [9.17, 15) is 19.5 Å². The van der Waals surface area contributed by atoms with Crippen LogP contribution in [0.25, 0.3) is 0 Å². The maximum absolute atomic E-state index is 12.1. The summed E-state index contributed by atoms with van der Waals surface area (Å²) in [6.45, 7) is 3.11. The Morgan fingerprint density at radius 1 is 1.31 bits per heavy atom. The number of carbonyl (C=O) groups is 1. The quantitative estimate of drug-likeness (QED) is 0.273. The number of oxime groups is 1. The second-order valence-corrected chi connectivity index (χ2v) is 6.14. The number of rotatable bonds is 9. The fourth-order valence-electron chi connectivity index (χ4n) is 2.66. The molecule has 142 valence electrons. The van der Waals surface area contributed by atoms with Crippen LogP contribution in [0.2, 0.25) is 0 Å². The van der Waals surface area contributed by atoms with Crippen LogP contribution in [0.3, 0.4) is 0 Å². The van der Waals surface area contributed by atoms with Crippen LogP contribution in [0, 0.1) is 11.8 Å². The van der Waals surface area contributed by atoms with Crippen LogP contribution < -0.4 is 5.32 Å². The van der Waals surface area contributed by atoms with Gasteiger partial charge >= 0.3 is 0 Å². The summed E-state index contributed by atoms with van der Waals surface area (Å²) in [6, 6.07) is 7.12. The van der Waals surface area contributed by atoms with E-state index >= 15 is 0 Å². The highest BCUT2D eigenvalue weighted by molar-refractivity contribution is 6.00. The lowest BCUT2D eigenvalue weighted by Crippen LogP contribution is -2.27. The molecule has 0 fully saturated rings. The Hall–Kier alpha value is -2.39. The highest BCUT2D eigenvalue weighted by Gasteiger charge is 2.21.